The van der Waals surface area contributed by atoms with Crippen LogP contribution in [-0.2, 0) is 9.53 Å². The molecule has 0 spiro atoms. The molecule has 1 heterocycles. The number of carbonyl (C=O) groups excluding carboxylic acids is 1. The lowest BCUT2D eigenvalue weighted by atomic mass is 10.0. The Morgan fingerprint density at radius 2 is 2.29 bits per heavy atom. The molecule has 14 heavy (non-hydrogen) atoms. The van der Waals surface area contributed by atoms with Crippen LogP contribution in [0.2, 0.25) is 0 Å². The minimum Gasteiger partial charge on any atom is -0.468 e. The summed E-state index contributed by atoms with van der Waals surface area (Å²) in [6, 6.07) is 0.228. The maximum atomic E-state index is 11.4. The van der Waals surface area contributed by atoms with Gasteiger partial charge in [-0.15, -0.1) is 0 Å². The van der Waals surface area contributed by atoms with Gasteiger partial charge >= 0.3 is 5.97 Å². The van der Waals surface area contributed by atoms with Crippen molar-refractivity contribution in [2.24, 2.45) is 5.92 Å². The van der Waals surface area contributed by atoms with Gasteiger partial charge in [0.25, 0.3) is 0 Å². The van der Waals surface area contributed by atoms with Crippen molar-refractivity contribution in [3.8, 4) is 0 Å². The highest BCUT2D eigenvalue weighted by Crippen LogP contribution is 2.07. The first-order valence-electron chi connectivity index (χ1n) is 5.19. The Labute approximate surface area is 85.4 Å². The van der Waals surface area contributed by atoms with Crippen molar-refractivity contribution in [2.45, 2.75) is 32.4 Å². The predicted molar refractivity (Wildman–Crippen MR) is 55.1 cm³/mol. The summed E-state index contributed by atoms with van der Waals surface area (Å²) in [7, 11) is 1.44. The normalized spacial score (nSPS) is 23.9. The number of methoxy groups -OCH3 is 1. The number of hydrogen-bond donors (Lipinski definition) is 2. The molecule has 0 radical (unpaired) electrons. The number of ether oxygens (including phenoxy) is 1. The molecule has 1 aliphatic heterocycles. The molecule has 2 N–H and O–H groups in total. The van der Waals surface area contributed by atoms with Gasteiger partial charge in [0.05, 0.1) is 7.11 Å². The van der Waals surface area contributed by atoms with E-state index in [2.05, 4.69) is 10.6 Å². The molecule has 1 saturated heterocycles. The van der Waals surface area contributed by atoms with Gasteiger partial charge in [0.1, 0.15) is 6.04 Å². The van der Waals surface area contributed by atoms with Crippen LogP contribution in [-0.4, -0.2) is 38.3 Å². The first-order valence-corrected chi connectivity index (χ1v) is 5.19. The minimum atomic E-state index is -0.176. The van der Waals surface area contributed by atoms with Gasteiger partial charge in [-0.3, -0.25) is 4.79 Å². The van der Waals surface area contributed by atoms with Crippen LogP contribution in [0.25, 0.3) is 0 Å². The fourth-order valence-corrected chi connectivity index (χ4v) is 1.71. The van der Waals surface area contributed by atoms with Gasteiger partial charge in [-0.1, -0.05) is 13.8 Å². The van der Waals surface area contributed by atoms with Crippen molar-refractivity contribution < 1.29 is 9.53 Å². The lowest BCUT2D eigenvalue weighted by molar-refractivity contribution is -0.144. The van der Waals surface area contributed by atoms with Gasteiger partial charge < -0.3 is 15.4 Å². The number of nitrogens with one attached hydrogen (secondary N) is 2. The molecule has 0 amide bonds. The van der Waals surface area contributed by atoms with Gasteiger partial charge in [0.2, 0.25) is 0 Å². The molecule has 1 aliphatic rings. The van der Waals surface area contributed by atoms with E-state index in [-0.39, 0.29) is 17.9 Å². The summed E-state index contributed by atoms with van der Waals surface area (Å²) in [5, 5.41) is 6.59. The molecule has 4 heteroatoms. The van der Waals surface area contributed by atoms with E-state index in [9.17, 15) is 4.79 Å². The van der Waals surface area contributed by atoms with Crippen molar-refractivity contribution in [1.82, 2.24) is 10.6 Å². The van der Waals surface area contributed by atoms with Gasteiger partial charge in [-0.05, 0) is 18.9 Å². The second-order valence-electron chi connectivity index (χ2n) is 4.10. The summed E-state index contributed by atoms with van der Waals surface area (Å²) in [5.74, 6) is 0.106. The molecule has 4 nitrogen and oxygen atoms in total. The lowest BCUT2D eigenvalue weighted by Gasteiger charge is -2.23. The Morgan fingerprint density at radius 3 is 2.71 bits per heavy atom. The standard InChI is InChI=1S/C10H20N2O2/c1-7(2)9(10(13)14-3)12-8-4-5-11-6-8/h7-9,11-12H,4-6H2,1-3H3. The number of hydrogen-bond acceptors (Lipinski definition) is 4. The van der Waals surface area contributed by atoms with E-state index in [1.807, 2.05) is 13.8 Å². The van der Waals surface area contributed by atoms with Crippen LogP contribution in [0.1, 0.15) is 20.3 Å². The predicted octanol–water partition coefficient (Wildman–Crippen LogP) is 0.135. The minimum absolute atomic E-state index is 0.160. The largest absolute Gasteiger partial charge is 0.468 e. The molecule has 0 bridgehead atoms. The van der Waals surface area contributed by atoms with Crippen LogP contribution in [0.4, 0.5) is 0 Å². The SMILES string of the molecule is COC(=O)C(NC1CCNC1)C(C)C. The van der Waals surface area contributed by atoms with E-state index in [0.29, 0.717) is 6.04 Å². The zero-order valence-electron chi connectivity index (χ0n) is 9.17. The summed E-state index contributed by atoms with van der Waals surface area (Å²) in [5.41, 5.74) is 0. The molecular weight excluding hydrogens is 180 g/mol. The van der Waals surface area contributed by atoms with Crippen LogP contribution in [0, 0.1) is 5.92 Å². The fourth-order valence-electron chi connectivity index (χ4n) is 1.71. The second kappa shape index (κ2) is 5.32. The summed E-state index contributed by atoms with van der Waals surface area (Å²) >= 11 is 0. The van der Waals surface area contributed by atoms with Gasteiger partial charge in [-0.2, -0.15) is 0 Å². The number of carbonyl (C=O) groups is 1. The molecular formula is C10H20N2O2. The highest BCUT2D eigenvalue weighted by molar-refractivity contribution is 5.75. The smallest absolute Gasteiger partial charge is 0.323 e. The molecule has 0 aromatic carbocycles. The van der Waals surface area contributed by atoms with Gasteiger partial charge in [0.15, 0.2) is 0 Å². The number of rotatable bonds is 4. The van der Waals surface area contributed by atoms with E-state index < -0.39 is 0 Å². The summed E-state index contributed by atoms with van der Waals surface area (Å²) < 4.78 is 4.76. The Hall–Kier alpha value is -0.610. The van der Waals surface area contributed by atoms with Crippen molar-refractivity contribution in [3.63, 3.8) is 0 Å². The van der Waals surface area contributed by atoms with Gasteiger partial charge in [0, 0.05) is 12.6 Å². The zero-order valence-corrected chi connectivity index (χ0v) is 9.17. The van der Waals surface area contributed by atoms with Crippen LogP contribution >= 0.6 is 0 Å². The third kappa shape index (κ3) is 2.96. The lowest BCUT2D eigenvalue weighted by Crippen LogP contribution is -2.47. The van der Waals surface area contributed by atoms with Crippen molar-refractivity contribution in [3.05, 3.63) is 0 Å². The van der Waals surface area contributed by atoms with Crippen LogP contribution in [0.3, 0.4) is 0 Å². The maximum absolute atomic E-state index is 11.4. The van der Waals surface area contributed by atoms with E-state index >= 15 is 0 Å². The molecule has 0 aromatic rings. The number of esters is 1. The molecule has 0 saturated carbocycles. The molecule has 2 atom stereocenters. The van der Waals surface area contributed by atoms with E-state index in [1.54, 1.807) is 0 Å². The molecule has 1 rings (SSSR count). The van der Waals surface area contributed by atoms with E-state index in [1.165, 1.54) is 7.11 Å². The third-order valence-electron chi connectivity index (χ3n) is 2.60. The summed E-state index contributed by atoms with van der Waals surface area (Å²) in [6.45, 7) is 6.03. The molecule has 0 aliphatic carbocycles. The van der Waals surface area contributed by atoms with Crippen molar-refractivity contribution in [2.75, 3.05) is 20.2 Å². The van der Waals surface area contributed by atoms with Gasteiger partial charge in [-0.25, -0.2) is 0 Å². The molecule has 2 unspecified atom stereocenters. The Kier molecular flexibility index (Phi) is 4.35. The van der Waals surface area contributed by atoms with Crippen LogP contribution in [0.15, 0.2) is 0 Å². The average Bonchev–Trinajstić information content (AvgIpc) is 2.65. The van der Waals surface area contributed by atoms with Crippen LogP contribution < -0.4 is 10.6 Å². The van der Waals surface area contributed by atoms with Crippen molar-refractivity contribution >= 4 is 5.97 Å². The fraction of sp³-hybridized carbons (Fsp3) is 0.900. The van der Waals surface area contributed by atoms with E-state index in [4.69, 9.17) is 4.74 Å². The first-order chi connectivity index (χ1) is 6.65. The molecule has 0 aromatic heterocycles. The highest BCUT2D eigenvalue weighted by Gasteiger charge is 2.26. The first kappa shape index (κ1) is 11.5. The summed E-state index contributed by atoms with van der Waals surface area (Å²) in [6.07, 6.45) is 1.08. The van der Waals surface area contributed by atoms with E-state index in [0.717, 1.165) is 19.5 Å². The highest BCUT2D eigenvalue weighted by atomic mass is 16.5. The maximum Gasteiger partial charge on any atom is 0.323 e. The quantitative estimate of drug-likeness (QED) is 0.634. The average molecular weight is 200 g/mol. The molecule has 82 valence electrons. The Balaban J connectivity index is 2.45. The zero-order chi connectivity index (χ0) is 10.6. The Bertz CT molecular complexity index is 189. The monoisotopic (exact) mass is 200 g/mol. The van der Waals surface area contributed by atoms with Crippen molar-refractivity contribution in [1.29, 1.82) is 0 Å². The molecule has 1 fully saturated rings. The Morgan fingerprint density at radius 1 is 1.57 bits per heavy atom. The second-order valence-corrected chi connectivity index (χ2v) is 4.10. The summed E-state index contributed by atoms with van der Waals surface area (Å²) in [4.78, 5) is 11.4. The topological polar surface area (TPSA) is 50.4 Å². The van der Waals surface area contributed by atoms with Crippen LogP contribution in [0.5, 0.6) is 0 Å². The third-order valence-corrected chi connectivity index (χ3v) is 2.60.